The van der Waals surface area contributed by atoms with Crippen LogP contribution in [0.5, 0.6) is 5.75 Å². The van der Waals surface area contributed by atoms with Crippen molar-refractivity contribution in [3.05, 3.63) is 89.7 Å². The second-order valence-corrected chi connectivity index (χ2v) is 7.26. The Morgan fingerprint density at radius 2 is 1.25 bits per heavy atom. The molecule has 0 saturated heterocycles. The lowest BCUT2D eigenvalue weighted by Crippen LogP contribution is -2.17. The normalized spacial score (nSPS) is 11.7. The fourth-order valence-corrected chi connectivity index (χ4v) is 3.57. The van der Waals surface area contributed by atoms with Crippen molar-refractivity contribution in [2.75, 3.05) is 0 Å². The molecule has 0 aliphatic heterocycles. The Morgan fingerprint density at radius 1 is 0.656 bits per heavy atom. The van der Waals surface area contributed by atoms with Crippen molar-refractivity contribution in [1.29, 1.82) is 0 Å². The molecule has 0 heterocycles. The quantitative estimate of drug-likeness (QED) is 0.288. The number of hydrogen-bond donors (Lipinski definition) is 0. The summed E-state index contributed by atoms with van der Waals surface area (Å²) in [6.45, 7) is 2.05. The third kappa shape index (κ3) is 4.42. The van der Waals surface area contributed by atoms with Gasteiger partial charge in [-0.05, 0) is 69.8 Å². The molecule has 0 amide bonds. The molecule has 1 nitrogen and oxygen atoms in total. The number of aryl methyl sites for hydroxylation is 1. The molecular weight excluding hydrogens is 430 g/mol. The van der Waals surface area contributed by atoms with E-state index in [1.165, 1.54) is 5.56 Å². The van der Waals surface area contributed by atoms with E-state index < -0.39 is 35.1 Å². The summed E-state index contributed by atoms with van der Waals surface area (Å²) >= 11 is 0. The van der Waals surface area contributed by atoms with Crippen LogP contribution in [0.3, 0.4) is 0 Å². The van der Waals surface area contributed by atoms with E-state index in [2.05, 4.69) is 4.74 Å². The summed E-state index contributed by atoms with van der Waals surface area (Å²) in [6, 6.07) is 15.9. The number of hydrogen-bond acceptors (Lipinski definition) is 1. The van der Waals surface area contributed by atoms with Gasteiger partial charge in [-0.2, -0.15) is 0 Å². The minimum absolute atomic E-state index is 0.246. The Hall–Kier alpha value is -3.48. The van der Waals surface area contributed by atoms with Crippen LogP contribution in [-0.4, -0.2) is 6.36 Å². The van der Waals surface area contributed by atoms with Crippen molar-refractivity contribution < 1.29 is 31.1 Å². The predicted octanol–water partition coefficient (Wildman–Crippen LogP) is 8.05. The van der Waals surface area contributed by atoms with Crippen molar-refractivity contribution in [2.45, 2.75) is 19.7 Å². The van der Waals surface area contributed by atoms with E-state index in [1.807, 2.05) is 37.3 Å². The largest absolute Gasteiger partial charge is 0.573 e. The van der Waals surface area contributed by atoms with Crippen LogP contribution in [-0.2, 0) is 6.42 Å². The first-order chi connectivity index (χ1) is 15.1. The van der Waals surface area contributed by atoms with Crippen LogP contribution < -0.4 is 4.74 Å². The maximum atomic E-state index is 14.8. The van der Waals surface area contributed by atoms with Crippen LogP contribution in [0.25, 0.3) is 33.0 Å². The molecule has 0 fully saturated rings. The molecule has 0 N–H and O–H groups in total. The van der Waals surface area contributed by atoms with Gasteiger partial charge in [-0.1, -0.05) is 43.3 Å². The van der Waals surface area contributed by atoms with E-state index >= 15 is 0 Å². The second-order valence-electron chi connectivity index (χ2n) is 7.26. The first kappa shape index (κ1) is 21.7. The lowest BCUT2D eigenvalue weighted by atomic mass is 9.96. The van der Waals surface area contributed by atoms with Gasteiger partial charge in [0.1, 0.15) is 11.6 Å². The zero-order valence-corrected chi connectivity index (χ0v) is 16.7. The fraction of sp³-hybridized carbons (Fsp3) is 0.120. The molecule has 0 saturated carbocycles. The van der Waals surface area contributed by atoms with Crippen molar-refractivity contribution in [3.8, 4) is 28.0 Å². The van der Waals surface area contributed by atoms with E-state index in [0.29, 0.717) is 17.7 Å². The smallest absolute Gasteiger partial charge is 0.403 e. The Bertz CT molecular complexity index is 1290. The first-order valence-electron chi connectivity index (χ1n) is 9.72. The molecule has 0 spiro atoms. The van der Waals surface area contributed by atoms with Crippen molar-refractivity contribution in [3.63, 3.8) is 0 Å². The topological polar surface area (TPSA) is 9.23 Å². The van der Waals surface area contributed by atoms with Crippen LogP contribution in [0.4, 0.5) is 26.3 Å². The summed E-state index contributed by atoms with van der Waals surface area (Å²) in [5.74, 6) is -4.40. The van der Waals surface area contributed by atoms with E-state index in [9.17, 15) is 26.3 Å². The van der Waals surface area contributed by atoms with E-state index in [-0.39, 0.29) is 11.1 Å². The summed E-state index contributed by atoms with van der Waals surface area (Å²) in [7, 11) is 0. The average molecular weight is 446 g/mol. The summed E-state index contributed by atoms with van der Waals surface area (Å²) in [6.07, 6.45) is -4.20. The molecule has 0 atom stereocenters. The van der Waals surface area contributed by atoms with Gasteiger partial charge < -0.3 is 4.74 Å². The van der Waals surface area contributed by atoms with Crippen LogP contribution in [0, 0.1) is 17.5 Å². The average Bonchev–Trinajstić information content (AvgIpc) is 2.73. The number of alkyl halides is 3. The fourth-order valence-electron chi connectivity index (χ4n) is 3.57. The van der Waals surface area contributed by atoms with Crippen molar-refractivity contribution in [2.24, 2.45) is 0 Å². The summed E-state index contributed by atoms with van der Waals surface area (Å²) in [5, 5.41) is 1.91. The summed E-state index contributed by atoms with van der Waals surface area (Å²) < 4.78 is 84.1. The molecule has 164 valence electrons. The Morgan fingerprint density at radius 3 is 1.88 bits per heavy atom. The molecule has 32 heavy (non-hydrogen) atoms. The molecule has 4 rings (SSSR count). The van der Waals surface area contributed by atoms with Gasteiger partial charge in [-0.3, -0.25) is 0 Å². The summed E-state index contributed by atoms with van der Waals surface area (Å²) in [4.78, 5) is 0. The minimum atomic E-state index is -5.08. The van der Waals surface area contributed by atoms with Crippen LogP contribution >= 0.6 is 0 Å². The van der Waals surface area contributed by atoms with E-state index in [0.717, 1.165) is 35.4 Å². The molecule has 0 aliphatic carbocycles. The first-order valence-corrected chi connectivity index (χ1v) is 9.72. The maximum Gasteiger partial charge on any atom is 0.573 e. The zero-order chi connectivity index (χ0) is 23.0. The third-order valence-electron chi connectivity index (χ3n) is 5.13. The highest BCUT2D eigenvalue weighted by atomic mass is 19.4. The Kier molecular flexibility index (Phi) is 5.59. The highest BCUT2D eigenvalue weighted by Crippen LogP contribution is 2.35. The SMILES string of the molecule is CCc1ccc2cc(-c3cc(F)c(-c4ccc(OC(F)(F)F)c(F)c4)c(F)c3)ccc2c1. The third-order valence-corrected chi connectivity index (χ3v) is 5.13. The van der Waals surface area contributed by atoms with Gasteiger partial charge in [0.2, 0.25) is 0 Å². The lowest BCUT2D eigenvalue weighted by Gasteiger charge is -2.12. The highest BCUT2D eigenvalue weighted by molar-refractivity contribution is 5.88. The number of rotatable bonds is 4. The van der Waals surface area contributed by atoms with Crippen LogP contribution in [0.15, 0.2) is 66.7 Å². The molecular formula is C25H16F6O. The van der Waals surface area contributed by atoms with E-state index in [1.54, 1.807) is 6.07 Å². The summed E-state index contributed by atoms with van der Waals surface area (Å²) in [5.41, 5.74) is 1.25. The standard InChI is InChI=1S/C25H16F6O/c1-2-14-3-4-16-10-17(6-5-15(16)9-14)19-12-21(27)24(22(28)13-19)18-7-8-23(20(26)11-18)32-25(29,30)31/h3-13H,2H2,1H3. The number of benzene rings is 4. The molecule has 0 unspecified atom stereocenters. The van der Waals surface area contributed by atoms with Gasteiger partial charge in [0.25, 0.3) is 0 Å². The van der Waals surface area contributed by atoms with Crippen LogP contribution in [0.1, 0.15) is 12.5 Å². The molecule has 4 aromatic rings. The van der Waals surface area contributed by atoms with Gasteiger partial charge in [-0.15, -0.1) is 13.2 Å². The van der Waals surface area contributed by atoms with Crippen molar-refractivity contribution in [1.82, 2.24) is 0 Å². The molecule has 0 aliphatic rings. The number of halogens is 6. The Balaban J connectivity index is 1.71. The van der Waals surface area contributed by atoms with Gasteiger partial charge in [0.05, 0.1) is 5.56 Å². The molecule has 7 heteroatoms. The lowest BCUT2D eigenvalue weighted by molar-refractivity contribution is -0.275. The predicted molar refractivity (Wildman–Crippen MR) is 111 cm³/mol. The number of fused-ring (bicyclic) bond motifs is 1. The van der Waals surface area contributed by atoms with E-state index in [4.69, 9.17) is 0 Å². The van der Waals surface area contributed by atoms with Gasteiger partial charge >= 0.3 is 6.36 Å². The van der Waals surface area contributed by atoms with Crippen molar-refractivity contribution >= 4 is 10.8 Å². The molecule has 0 bridgehead atoms. The minimum Gasteiger partial charge on any atom is -0.403 e. The zero-order valence-electron chi connectivity index (χ0n) is 16.7. The maximum absolute atomic E-state index is 14.8. The molecule has 0 radical (unpaired) electrons. The van der Waals surface area contributed by atoms with Gasteiger partial charge in [0.15, 0.2) is 11.6 Å². The van der Waals surface area contributed by atoms with Gasteiger partial charge in [0, 0.05) is 0 Å². The highest BCUT2D eigenvalue weighted by Gasteiger charge is 2.32. The number of ether oxygens (including phenoxy) is 1. The Labute approximate surface area is 179 Å². The molecule has 0 aromatic heterocycles. The van der Waals surface area contributed by atoms with Gasteiger partial charge in [-0.25, -0.2) is 13.2 Å². The second kappa shape index (κ2) is 8.22. The monoisotopic (exact) mass is 446 g/mol. The molecule has 4 aromatic carbocycles. The van der Waals surface area contributed by atoms with Crippen LogP contribution in [0.2, 0.25) is 0 Å².